The molecule has 0 saturated carbocycles. The summed E-state index contributed by atoms with van der Waals surface area (Å²) in [6, 6.07) is 17.2. The van der Waals surface area contributed by atoms with Crippen LogP contribution in [0.5, 0.6) is 11.5 Å². The van der Waals surface area contributed by atoms with E-state index in [-0.39, 0.29) is 6.61 Å². The van der Waals surface area contributed by atoms with Gasteiger partial charge in [-0.25, -0.2) is 4.57 Å². The van der Waals surface area contributed by atoms with Crippen molar-refractivity contribution in [2.75, 3.05) is 6.61 Å². The molecule has 0 atom stereocenters. The van der Waals surface area contributed by atoms with Crippen molar-refractivity contribution in [1.29, 1.82) is 0 Å². The van der Waals surface area contributed by atoms with Crippen molar-refractivity contribution in [3.63, 3.8) is 0 Å². The Morgan fingerprint density at radius 3 is 1.71 bits per heavy atom. The molecule has 24 heavy (non-hydrogen) atoms. The molecule has 0 aromatic heterocycles. The number of hydrogen-bond donors (Lipinski definition) is 0. The molecule has 0 spiro atoms. The van der Waals surface area contributed by atoms with Crippen LogP contribution in [0.2, 0.25) is 0 Å². The van der Waals surface area contributed by atoms with Gasteiger partial charge in [-0.1, -0.05) is 36.4 Å². The van der Waals surface area contributed by atoms with Gasteiger partial charge in [-0.3, -0.25) is 4.79 Å². The quantitative estimate of drug-likeness (QED) is 0.537. The van der Waals surface area contributed by atoms with Gasteiger partial charge in [-0.05, 0) is 45.0 Å². The van der Waals surface area contributed by atoms with Gasteiger partial charge >= 0.3 is 13.6 Å². The lowest BCUT2D eigenvalue weighted by atomic mass is 10.2. The minimum atomic E-state index is -3.93. The van der Waals surface area contributed by atoms with E-state index in [2.05, 4.69) is 0 Å². The number of rotatable bonds is 7. The number of ether oxygens (including phenoxy) is 1. The van der Waals surface area contributed by atoms with E-state index in [1.54, 1.807) is 55.5 Å². The van der Waals surface area contributed by atoms with Gasteiger partial charge in [-0.15, -0.1) is 0 Å². The van der Waals surface area contributed by atoms with Crippen molar-refractivity contribution in [3.8, 4) is 11.5 Å². The first kappa shape index (κ1) is 18.1. The van der Waals surface area contributed by atoms with Crippen molar-refractivity contribution >= 4 is 13.6 Å². The van der Waals surface area contributed by atoms with Crippen LogP contribution in [-0.2, 0) is 14.1 Å². The molecule has 0 aliphatic carbocycles. The maximum absolute atomic E-state index is 13.5. The number of esters is 1. The highest BCUT2D eigenvalue weighted by Gasteiger charge is 2.53. The molecule has 6 heteroatoms. The van der Waals surface area contributed by atoms with Crippen LogP contribution in [0.3, 0.4) is 0 Å². The third kappa shape index (κ3) is 3.98. The number of para-hydroxylation sites is 2. The first-order chi connectivity index (χ1) is 11.4. The van der Waals surface area contributed by atoms with Crippen LogP contribution in [0.25, 0.3) is 0 Å². The van der Waals surface area contributed by atoms with E-state index in [1.807, 2.05) is 12.1 Å². The Bertz CT molecular complexity index is 667. The average Bonchev–Trinajstić information content (AvgIpc) is 2.56. The van der Waals surface area contributed by atoms with Gasteiger partial charge in [0.15, 0.2) is 5.16 Å². The molecule has 0 unspecified atom stereocenters. The predicted molar refractivity (Wildman–Crippen MR) is 92.5 cm³/mol. The van der Waals surface area contributed by atoms with Crippen LogP contribution in [0.15, 0.2) is 60.7 Å². The Balaban J connectivity index is 2.40. The van der Waals surface area contributed by atoms with E-state index in [9.17, 15) is 9.36 Å². The lowest BCUT2D eigenvalue weighted by molar-refractivity contribution is -0.145. The molecule has 128 valence electrons. The molecule has 0 aliphatic heterocycles. The molecule has 0 aliphatic rings. The van der Waals surface area contributed by atoms with Gasteiger partial charge in [0.1, 0.15) is 11.5 Å². The second-order valence-corrected chi connectivity index (χ2v) is 8.06. The van der Waals surface area contributed by atoms with E-state index in [0.717, 1.165) is 0 Å². The molecule has 0 fully saturated rings. The molecular formula is C18H21O5P. The molecule has 0 amide bonds. The Hall–Kier alpha value is -2.26. The van der Waals surface area contributed by atoms with E-state index >= 15 is 0 Å². The second kappa shape index (κ2) is 7.54. The van der Waals surface area contributed by atoms with Gasteiger partial charge < -0.3 is 13.8 Å². The highest BCUT2D eigenvalue weighted by atomic mass is 31.2. The second-order valence-electron chi connectivity index (χ2n) is 5.59. The van der Waals surface area contributed by atoms with Crippen LogP contribution in [-0.4, -0.2) is 17.7 Å². The van der Waals surface area contributed by atoms with Crippen LogP contribution in [0.1, 0.15) is 20.8 Å². The maximum Gasteiger partial charge on any atom is 0.447 e. The van der Waals surface area contributed by atoms with Gasteiger partial charge in [0.05, 0.1) is 6.61 Å². The maximum atomic E-state index is 13.5. The molecular weight excluding hydrogens is 327 g/mol. The normalized spacial score (nSPS) is 11.6. The molecule has 0 saturated heterocycles. The predicted octanol–water partition coefficient (Wildman–Crippen LogP) is 4.68. The fourth-order valence-corrected chi connectivity index (χ4v) is 3.49. The van der Waals surface area contributed by atoms with Gasteiger partial charge in [-0.2, -0.15) is 0 Å². The summed E-state index contributed by atoms with van der Waals surface area (Å²) in [5.74, 6) is 0.0727. The first-order valence-electron chi connectivity index (χ1n) is 7.65. The minimum absolute atomic E-state index is 0.180. The Morgan fingerprint density at radius 2 is 1.33 bits per heavy atom. The van der Waals surface area contributed by atoms with Crippen molar-refractivity contribution in [3.05, 3.63) is 60.7 Å². The van der Waals surface area contributed by atoms with E-state index in [1.165, 1.54) is 13.8 Å². The number of carbonyl (C=O) groups is 1. The fraction of sp³-hybridized carbons (Fsp3) is 0.278. The van der Waals surface area contributed by atoms with Crippen molar-refractivity contribution in [2.45, 2.75) is 25.9 Å². The summed E-state index contributed by atoms with van der Waals surface area (Å²) in [5, 5.41) is -1.48. The van der Waals surface area contributed by atoms with E-state index < -0.39 is 18.7 Å². The average molecular weight is 348 g/mol. The van der Waals surface area contributed by atoms with Crippen LogP contribution >= 0.6 is 7.60 Å². The molecule has 0 heterocycles. The molecule has 5 nitrogen and oxygen atoms in total. The third-order valence-electron chi connectivity index (χ3n) is 3.40. The number of benzene rings is 2. The summed E-state index contributed by atoms with van der Waals surface area (Å²) >= 11 is 0. The Morgan fingerprint density at radius 1 is 0.917 bits per heavy atom. The van der Waals surface area contributed by atoms with Gasteiger partial charge in [0.25, 0.3) is 0 Å². The monoisotopic (exact) mass is 348 g/mol. The van der Waals surface area contributed by atoms with Gasteiger partial charge in [0, 0.05) is 0 Å². The van der Waals surface area contributed by atoms with Crippen molar-refractivity contribution in [2.24, 2.45) is 0 Å². The summed E-state index contributed by atoms with van der Waals surface area (Å²) in [7, 11) is -3.93. The standard InChI is InChI=1S/C18H21O5P/c1-4-21-17(19)18(2,3)24(20,22-15-11-7-5-8-12-15)23-16-13-9-6-10-14-16/h5-14H,4H2,1-3H3. The third-order valence-corrected chi connectivity index (χ3v) is 5.85. The zero-order valence-corrected chi connectivity index (χ0v) is 14.9. The van der Waals surface area contributed by atoms with E-state index in [4.69, 9.17) is 13.8 Å². The number of carbonyl (C=O) groups excluding carboxylic acids is 1. The molecule has 0 N–H and O–H groups in total. The van der Waals surface area contributed by atoms with Crippen LogP contribution in [0, 0.1) is 0 Å². The van der Waals surface area contributed by atoms with Crippen LogP contribution in [0.4, 0.5) is 0 Å². The van der Waals surface area contributed by atoms with Gasteiger partial charge in [0.2, 0.25) is 0 Å². The molecule has 2 aromatic rings. The Kier molecular flexibility index (Phi) is 5.68. The summed E-state index contributed by atoms with van der Waals surface area (Å²) in [4.78, 5) is 12.3. The van der Waals surface area contributed by atoms with E-state index in [0.29, 0.717) is 11.5 Å². The smallest absolute Gasteiger partial charge is 0.447 e. The van der Waals surface area contributed by atoms with Crippen molar-refractivity contribution in [1.82, 2.24) is 0 Å². The molecule has 0 bridgehead atoms. The molecule has 0 radical (unpaired) electrons. The SMILES string of the molecule is CCOC(=O)C(C)(C)P(=O)(Oc1ccccc1)Oc1ccccc1. The summed E-state index contributed by atoms with van der Waals surface area (Å²) in [6.07, 6.45) is 0. The summed E-state index contributed by atoms with van der Waals surface area (Å²) in [5.41, 5.74) is 0. The zero-order valence-electron chi connectivity index (χ0n) is 14.0. The fourth-order valence-electron chi connectivity index (χ4n) is 1.91. The molecule has 2 rings (SSSR count). The zero-order chi connectivity index (χ0) is 17.6. The lowest BCUT2D eigenvalue weighted by Crippen LogP contribution is -2.37. The highest BCUT2D eigenvalue weighted by Crippen LogP contribution is 2.59. The largest absolute Gasteiger partial charge is 0.465 e. The lowest BCUT2D eigenvalue weighted by Gasteiger charge is -2.31. The molecule has 2 aromatic carbocycles. The summed E-state index contributed by atoms with van der Waals surface area (Å²) < 4.78 is 29.9. The minimum Gasteiger partial charge on any atom is -0.465 e. The highest BCUT2D eigenvalue weighted by molar-refractivity contribution is 7.57. The van der Waals surface area contributed by atoms with Crippen LogP contribution < -0.4 is 9.05 Å². The first-order valence-corrected chi connectivity index (χ1v) is 9.20. The topological polar surface area (TPSA) is 61.8 Å². The summed E-state index contributed by atoms with van der Waals surface area (Å²) in [6.45, 7) is 4.86. The Labute approximate surface area is 142 Å². The van der Waals surface area contributed by atoms with Crippen molar-refractivity contribution < 1.29 is 23.1 Å². The number of hydrogen-bond acceptors (Lipinski definition) is 5.